The van der Waals surface area contributed by atoms with Gasteiger partial charge in [-0.25, -0.2) is 0 Å². The van der Waals surface area contributed by atoms with E-state index in [0.717, 1.165) is 67.3 Å². The zero-order valence-electron chi connectivity index (χ0n) is 15.5. The predicted octanol–water partition coefficient (Wildman–Crippen LogP) is 4.87. The van der Waals surface area contributed by atoms with Gasteiger partial charge in [0.2, 0.25) is 0 Å². The van der Waals surface area contributed by atoms with Crippen molar-refractivity contribution in [1.29, 1.82) is 0 Å². The van der Waals surface area contributed by atoms with E-state index in [2.05, 4.69) is 4.90 Å². The van der Waals surface area contributed by atoms with Crippen LogP contribution in [0.15, 0.2) is 54.9 Å². The van der Waals surface area contributed by atoms with E-state index in [4.69, 9.17) is 0 Å². The van der Waals surface area contributed by atoms with E-state index in [1.807, 2.05) is 18.2 Å². The standard InChI is InChI=1S/C21H23F3N2O.ClH/c22-21(23,24)20-6-3-5-19(16-20)18-9-12-25(13-10-18)11-2-1-4-17-7-14-26(27)15-8-17;/h3,5-9,14-16H,1-2,4,10-13H2;1H. The SMILES string of the molecule is Cl.[O-][n+]1ccc(CCCCN2CC=C(c3cccc(C(F)(F)F)c3)CC2)cc1. The van der Waals surface area contributed by atoms with Crippen LogP contribution in [0.3, 0.4) is 0 Å². The molecule has 1 aromatic carbocycles. The number of unbranched alkanes of at least 4 members (excludes halogenated alkanes) is 1. The normalized spacial score (nSPS) is 15.0. The molecule has 0 N–H and O–H groups in total. The first kappa shape index (κ1) is 22.2. The highest BCUT2D eigenvalue weighted by Crippen LogP contribution is 2.32. The lowest BCUT2D eigenvalue weighted by Gasteiger charge is -2.26. The second-order valence-corrected chi connectivity index (χ2v) is 6.88. The van der Waals surface area contributed by atoms with Crippen LogP contribution in [-0.2, 0) is 12.6 Å². The monoisotopic (exact) mass is 412 g/mol. The molecule has 7 heteroatoms. The van der Waals surface area contributed by atoms with Crippen molar-refractivity contribution in [3.8, 4) is 0 Å². The first-order valence-electron chi connectivity index (χ1n) is 9.18. The van der Waals surface area contributed by atoms with Gasteiger partial charge in [-0.1, -0.05) is 18.2 Å². The number of aryl methyl sites for hydroxylation is 1. The van der Waals surface area contributed by atoms with Gasteiger partial charge in [0.1, 0.15) is 0 Å². The molecule has 1 aliphatic rings. The number of benzene rings is 1. The topological polar surface area (TPSA) is 30.2 Å². The van der Waals surface area contributed by atoms with Gasteiger partial charge in [-0.05, 0) is 61.1 Å². The van der Waals surface area contributed by atoms with E-state index in [0.29, 0.717) is 5.56 Å². The maximum Gasteiger partial charge on any atom is 0.416 e. The van der Waals surface area contributed by atoms with Crippen molar-refractivity contribution < 1.29 is 17.9 Å². The summed E-state index contributed by atoms with van der Waals surface area (Å²) in [5.74, 6) is 0. The summed E-state index contributed by atoms with van der Waals surface area (Å²) in [4.78, 5) is 2.33. The van der Waals surface area contributed by atoms with Crippen molar-refractivity contribution in [1.82, 2.24) is 4.90 Å². The Morgan fingerprint density at radius 3 is 2.46 bits per heavy atom. The van der Waals surface area contributed by atoms with Gasteiger partial charge < -0.3 is 5.21 Å². The molecule has 28 heavy (non-hydrogen) atoms. The van der Waals surface area contributed by atoms with Crippen molar-refractivity contribution in [3.05, 3.63) is 76.8 Å². The molecule has 2 heterocycles. The maximum atomic E-state index is 12.9. The number of pyridine rings is 1. The number of alkyl halides is 3. The van der Waals surface area contributed by atoms with Gasteiger partial charge in [0.05, 0.1) is 5.56 Å². The number of halogens is 4. The second-order valence-electron chi connectivity index (χ2n) is 6.88. The molecule has 0 aliphatic carbocycles. The Morgan fingerprint density at radius 1 is 1.07 bits per heavy atom. The molecule has 0 atom stereocenters. The van der Waals surface area contributed by atoms with Crippen LogP contribution >= 0.6 is 12.4 Å². The second kappa shape index (κ2) is 9.94. The van der Waals surface area contributed by atoms with Crippen LogP contribution in [0.5, 0.6) is 0 Å². The Hall–Kier alpha value is -2.05. The van der Waals surface area contributed by atoms with E-state index in [-0.39, 0.29) is 12.4 Å². The molecule has 2 aromatic rings. The van der Waals surface area contributed by atoms with Crippen molar-refractivity contribution in [2.75, 3.05) is 19.6 Å². The smallest absolute Gasteiger partial charge is 0.416 e. The number of hydrogen-bond donors (Lipinski definition) is 0. The molecule has 0 bridgehead atoms. The van der Waals surface area contributed by atoms with Gasteiger partial charge in [0.15, 0.2) is 12.4 Å². The molecule has 3 rings (SSSR count). The van der Waals surface area contributed by atoms with Crippen molar-refractivity contribution in [2.45, 2.75) is 31.9 Å². The van der Waals surface area contributed by atoms with Gasteiger partial charge in [0.25, 0.3) is 0 Å². The zero-order valence-corrected chi connectivity index (χ0v) is 16.3. The summed E-state index contributed by atoms with van der Waals surface area (Å²) >= 11 is 0. The molecule has 3 nitrogen and oxygen atoms in total. The third-order valence-corrected chi connectivity index (χ3v) is 4.91. The van der Waals surface area contributed by atoms with Gasteiger partial charge in [0, 0.05) is 25.2 Å². The molecule has 152 valence electrons. The lowest BCUT2D eigenvalue weighted by molar-refractivity contribution is -0.605. The summed E-state index contributed by atoms with van der Waals surface area (Å²) in [5, 5.41) is 11.0. The van der Waals surface area contributed by atoms with Crippen LogP contribution in [0.25, 0.3) is 5.57 Å². The van der Waals surface area contributed by atoms with E-state index in [1.165, 1.54) is 24.5 Å². The van der Waals surface area contributed by atoms with Crippen LogP contribution in [0.4, 0.5) is 13.2 Å². The zero-order chi connectivity index (χ0) is 19.3. The van der Waals surface area contributed by atoms with Gasteiger partial charge >= 0.3 is 6.18 Å². The van der Waals surface area contributed by atoms with Gasteiger partial charge in [-0.15, -0.1) is 12.4 Å². The van der Waals surface area contributed by atoms with Crippen LogP contribution in [-0.4, -0.2) is 24.5 Å². The number of aromatic nitrogens is 1. The number of hydrogen-bond acceptors (Lipinski definition) is 2. The highest BCUT2D eigenvalue weighted by Gasteiger charge is 2.30. The minimum atomic E-state index is -4.30. The molecule has 0 saturated carbocycles. The Kier molecular flexibility index (Phi) is 7.89. The Morgan fingerprint density at radius 2 is 1.82 bits per heavy atom. The largest absolute Gasteiger partial charge is 0.619 e. The summed E-state index contributed by atoms with van der Waals surface area (Å²) in [7, 11) is 0. The molecular formula is C21H24ClF3N2O. The van der Waals surface area contributed by atoms with Gasteiger partial charge in [-0.3, -0.25) is 4.90 Å². The third kappa shape index (κ3) is 6.24. The minimum absolute atomic E-state index is 0. The molecule has 0 fully saturated rings. The summed E-state index contributed by atoms with van der Waals surface area (Å²) in [6.07, 6.45) is 4.58. The van der Waals surface area contributed by atoms with Crippen molar-refractivity contribution >= 4 is 18.0 Å². The summed E-state index contributed by atoms with van der Waals surface area (Å²) in [6, 6.07) is 9.27. The average molecular weight is 413 g/mol. The first-order valence-corrected chi connectivity index (χ1v) is 9.18. The van der Waals surface area contributed by atoms with Crippen LogP contribution in [0, 0.1) is 5.21 Å². The maximum absolute atomic E-state index is 12.9. The highest BCUT2D eigenvalue weighted by molar-refractivity contribution is 5.85. The predicted molar refractivity (Wildman–Crippen MR) is 106 cm³/mol. The highest BCUT2D eigenvalue weighted by atomic mass is 35.5. The lowest BCUT2D eigenvalue weighted by atomic mass is 9.97. The Labute approximate surface area is 169 Å². The van der Waals surface area contributed by atoms with E-state index in [9.17, 15) is 18.4 Å². The molecule has 1 aliphatic heterocycles. The summed E-state index contributed by atoms with van der Waals surface area (Å²) in [5.41, 5.74) is 2.23. The molecule has 1 aromatic heterocycles. The van der Waals surface area contributed by atoms with Gasteiger partial charge in [-0.2, -0.15) is 17.9 Å². The first-order chi connectivity index (χ1) is 12.9. The van der Waals surface area contributed by atoms with Crippen molar-refractivity contribution in [3.63, 3.8) is 0 Å². The Bertz CT molecular complexity index is 791. The minimum Gasteiger partial charge on any atom is -0.619 e. The molecule has 0 spiro atoms. The summed E-state index contributed by atoms with van der Waals surface area (Å²) in [6.45, 7) is 2.61. The fraction of sp³-hybridized carbons (Fsp3) is 0.381. The fourth-order valence-corrected chi connectivity index (χ4v) is 3.35. The van der Waals surface area contributed by atoms with E-state index in [1.54, 1.807) is 6.07 Å². The Balaban J connectivity index is 0.00000280. The average Bonchev–Trinajstić information content (AvgIpc) is 2.67. The van der Waals surface area contributed by atoms with Crippen LogP contribution < -0.4 is 4.73 Å². The number of nitrogens with zero attached hydrogens (tertiary/aromatic N) is 2. The van der Waals surface area contributed by atoms with Crippen molar-refractivity contribution in [2.24, 2.45) is 0 Å². The third-order valence-electron chi connectivity index (χ3n) is 4.91. The molecule has 0 unspecified atom stereocenters. The summed E-state index contributed by atoms with van der Waals surface area (Å²) < 4.78 is 39.4. The molecule has 0 saturated heterocycles. The van der Waals surface area contributed by atoms with E-state index >= 15 is 0 Å². The number of rotatable bonds is 6. The fourth-order valence-electron chi connectivity index (χ4n) is 3.35. The van der Waals surface area contributed by atoms with Crippen LogP contribution in [0.1, 0.15) is 36.0 Å². The molecular weight excluding hydrogens is 389 g/mol. The molecule has 0 amide bonds. The van der Waals surface area contributed by atoms with E-state index < -0.39 is 11.7 Å². The lowest BCUT2D eigenvalue weighted by Crippen LogP contribution is -2.29. The quantitative estimate of drug-likeness (QED) is 0.385. The molecule has 0 radical (unpaired) electrons. The van der Waals surface area contributed by atoms with Crippen LogP contribution in [0.2, 0.25) is 0 Å².